The van der Waals surface area contributed by atoms with E-state index in [1.165, 1.54) is 38.5 Å². The zero-order valence-corrected chi connectivity index (χ0v) is 19.7. The van der Waals surface area contributed by atoms with Gasteiger partial charge in [0, 0.05) is 13.1 Å². The summed E-state index contributed by atoms with van der Waals surface area (Å²) in [7, 11) is 0. The highest BCUT2D eigenvalue weighted by Gasteiger charge is 2.50. The number of carbonyl (C=O) groups is 2. The van der Waals surface area contributed by atoms with Crippen molar-refractivity contribution in [1.82, 2.24) is 10.6 Å². The first-order valence-corrected chi connectivity index (χ1v) is 12.0. The van der Waals surface area contributed by atoms with Gasteiger partial charge in [0.2, 0.25) is 0 Å². The van der Waals surface area contributed by atoms with Crippen LogP contribution in [0.1, 0.15) is 75.2 Å². The summed E-state index contributed by atoms with van der Waals surface area (Å²) in [6.45, 7) is 6.70. The van der Waals surface area contributed by atoms with Crippen LogP contribution in [0.3, 0.4) is 0 Å². The molecule has 0 heterocycles. The number of amides is 2. The smallest absolute Gasteiger partial charge is 0.407 e. The predicted molar refractivity (Wildman–Crippen MR) is 122 cm³/mol. The van der Waals surface area contributed by atoms with Crippen molar-refractivity contribution in [3.8, 4) is 0 Å². The van der Waals surface area contributed by atoms with Crippen LogP contribution >= 0.6 is 11.6 Å². The van der Waals surface area contributed by atoms with Crippen molar-refractivity contribution < 1.29 is 14.3 Å². The Morgan fingerprint density at radius 3 is 2.26 bits per heavy atom. The molecule has 0 atom stereocenters. The quantitative estimate of drug-likeness (QED) is 0.618. The molecule has 170 valence electrons. The van der Waals surface area contributed by atoms with E-state index in [1.807, 2.05) is 32.9 Å². The number of ether oxygens (including phenoxy) is 1. The van der Waals surface area contributed by atoms with E-state index in [1.54, 1.807) is 6.07 Å². The van der Waals surface area contributed by atoms with Crippen LogP contribution in [0.15, 0.2) is 18.2 Å². The van der Waals surface area contributed by atoms with Crippen LogP contribution < -0.4 is 10.6 Å². The van der Waals surface area contributed by atoms with E-state index in [0.717, 1.165) is 29.9 Å². The van der Waals surface area contributed by atoms with Gasteiger partial charge in [0.1, 0.15) is 5.60 Å². The zero-order chi connectivity index (χ0) is 22.2. The Labute approximate surface area is 190 Å². The molecule has 4 aliphatic carbocycles. The van der Waals surface area contributed by atoms with Crippen LogP contribution in [-0.4, -0.2) is 30.7 Å². The first-order chi connectivity index (χ1) is 14.6. The molecular formula is C25H35ClN2O3. The van der Waals surface area contributed by atoms with Gasteiger partial charge in [0.15, 0.2) is 0 Å². The van der Waals surface area contributed by atoms with Gasteiger partial charge in [-0.25, -0.2) is 4.79 Å². The summed E-state index contributed by atoms with van der Waals surface area (Å²) >= 11 is 6.35. The van der Waals surface area contributed by atoms with Gasteiger partial charge in [-0.1, -0.05) is 17.7 Å². The van der Waals surface area contributed by atoms with Gasteiger partial charge in [-0.05, 0) is 107 Å². The fourth-order valence-corrected chi connectivity index (χ4v) is 6.60. The largest absolute Gasteiger partial charge is 0.444 e. The summed E-state index contributed by atoms with van der Waals surface area (Å²) in [4.78, 5) is 24.8. The molecule has 4 bridgehead atoms. The minimum Gasteiger partial charge on any atom is -0.444 e. The van der Waals surface area contributed by atoms with E-state index in [2.05, 4.69) is 10.6 Å². The number of hydrogen-bond donors (Lipinski definition) is 2. The van der Waals surface area contributed by atoms with Gasteiger partial charge in [-0.2, -0.15) is 0 Å². The molecular weight excluding hydrogens is 412 g/mol. The molecule has 1 aromatic carbocycles. The Bertz CT molecular complexity index is 810. The van der Waals surface area contributed by atoms with Crippen molar-refractivity contribution in [1.29, 1.82) is 0 Å². The van der Waals surface area contributed by atoms with E-state index >= 15 is 0 Å². The van der Waals surface area contributed by atoms with Gasteiger partial charge in [-0.15, -0.1) is 0 Å². The maximum atomic E-state index is 13.0. The second-order valence-corrected chi connectivity index (χ2v) is 11.5. The Kier molecular flexibility index (Phi) is 6.26. The molecule has 0 radical (unpaired) electrons. The number of halogens is 1. The van der Waals surface area contributed by atoms with E-state index in [4.69, 9.17) is 16.3 Å². The molecule has 4 aliphatic rings. The summed E-state index contributed by atoms with van der Waals surface area (Å²) in [5, 5.41) is 6.43. The molecule has 31 heavy (non-hydrogen) atoms. The third kappa shape index (κ3) is 5.54. The first kappa shape index (κ1) is 22.4. The Hall–Kier alpha value is -1.75. The second-order valence-electron chi connectivity index (χ2n) is 11.1. The lowest BCUT2D eigenvalue weighted by Crippen LogP contribution is -2.51. The number of carbonyl (C=O) groups excluding carboxylic acids is 2. The highest BCUT2D eigenvalue weighted by molar-refractivity contribution is 6.33. The summed E-state index contributed by atoms with van der Waals surface area (Å²) in [6.07, 6.45) is 8.17. The van der Waals surface area contributed by atoms with E-state index in [0.29, 0.717) is 29.0 Å². The van der Waals surface area contributed by atoms with E-state index in [9.17, 15) is 9.59 Å². The van der Waals surface area contributed by atoms with Crippen molar-refractivity contribution >= 4 is 23.6 Å². The third-order valence-electron chi connectivity index (χ3n) is 7.15. The van der Waals surface area contributed by atoms with Crippen LogP contribution in [0.4, 0.5) is 4.79 Å². The van der Waals surface area contributed by atoms with Crippen LogP contribution in [0.25, 0.3) is 0 Å². The standard InChI is InChI=1S/C25H35ClN2O3/c1-24(2,3)31-23(30)27-7-6-16-4-5-21(26)20(11-16)22(29)28-15-25-12-17-8-18(13-25)10-19(9-17)14-25/h4-5,11,17-19H,6-10,12-15H2,1-3H3,(H,27,30)(H,28,29). The minimum atomic E-state index is -0.522. The zero-order valence-electron chi connectivity index (χ0n) is 18.9. The number of hydrogen-bond acceptors (Lipinski definition) is 3. The average Bonchev–Trinajstić information content (AvgIpc) is 2.65. The maximum absolute atomic E-state index is 13.0. The summed E-state index contributed by atoms with van der Waals surface area (Å²) in [6, 6.07) is 5.51. The molecule has 0 unspecified atom stereocenters. The lowest BCUT2D eigenvalue weighted by Gasteiger charge is -2.56. The lowest BCUT2D eigenvalue weighted by molar-refractivity contribution is -0.0503. The van der Waals surface area contributed by atoms with Gasteiger partial charge >= 0.3 is 6.09 Å². The van der Waals surface area contributed by atoms with Crippen LogP contribution in [0.2, 0.25) is 5.02 Å². The molecule has 2 amide bonds. The number of alkyl carbamates (subject to hydrolysis) is 1. The van der Waals surface area contributed by atoms with Crippen molar-refractivity contribution in [2.75, 3.05) is 13.1 Å². The molecule has 5 rings (SSSR count). The van der Waals surface area contributed by atoms with Gasteiger partial charge in [0.05, 0.1) is 10.6 Å². The van der Waals surface area contributed by atoms with E-state index < -0.39 is 11.7 Å². The molecule has 5 nitrogen and oxygen atoms in total. The molecule has 4 saturated carbocycles. The Morgan fingerprint density at radius 1 is 1.06 bits per heavy atom. The first-order valence-electron chi connectivity index (χ1n) is 11.6. The normalized spacial score (nSPS) is 29.0. The van der Waals surface area contributed by atoms with Crippen LogP contribution in [-0.2, 0) is 11.2 Å². The SMILES string of the molecule is CC(C)(C)OC(=O)NCCc1ccc(Cl)c(C(=O)NCC23CC4CC(CC(C4)C2)C3)c1. The van der Waals surface area contributed by atoms with Crippen molar-refractivity contribution in [2.45, 2.75) is 71.3 Å². The molecule has 1 aromatic rings. The molecule has 2 N–H and O–H groups in total. The molecule has 4 fully saturated rings. The van der Waals surface area contributed by atoms with Gasteiger partial charge in [0.25, 0.3) is 5.91 Å². The Morgan fingerprint density at radius 2 is 1.68 bits per heavy atom. The van der Waals surface area contributed by atoms with E-state index in [-0.39, 0.29) is 5.91 Å². The second kappa shape index (κ2) is 8.65. The summed E-state index contributed by atoms with van der Waals surface area (Å²) in [5.41, 5.74) is 1.25. The predicted octanol–water partition coefficient (Wildman–Crippen LogP) is 5.35. The minimum absolute atomic E-state index is 0.0947. The number of nitrogens with one attached hydrogen (secondary N) is 2. The fourth-order valence-electron chi connectivity index (χ4n) is 6.39. The summed E-state index contributed by atoms with van der Waals surface area (Å²) < 4.78 is 5.25. The highest BCUT2D eigenvalue weighted by Crippen LogP contribution is 2.59. The number of rotatable bonds is 6. The lowest BCUT2D eigenvalue weighted by atomic mass is 9.49. The summed E-state index contributed by atoms with van der Waals surface area (Å²) in [5.74, 6) is 2.51. The van der Waals surface area contributed by atoms with Crippen LogP contribution in [0, 0.1) is 23.2 Å². The molecule has 0 spiro atoms. The van der Waals surface area contributed by atoms with Crippen LogP contribution in [0.5, 0.6) is 0 Å². The monoisotopic (exact) mass is 446 g/mol. The fraction of sp³-hybridized carbons (Fsp3) is 0.680. The highest BCUT2D eigenvalue weighted by atomic mass is 35.5. The van der Waals surface area contributed by atoms with Gasteiger partial charge < -0.3 is 15.4 Å². The average molecular weight is 447 g/mol. The Balaban J connectivity index is 1.32. The maximum Gasteiger partial charge on any atom is 0.407 e. The molecule has 6 heteroatoms. The topological polar surface area (TPSA) is 67.4 Å². The van der Waals surface area contributed by atoms with Crippen molar-refractivity contribution in [3.05, 3.63) is 34.3 Å². The molecule has 0 aliphatic heterocycles. The van der Waals surface area contributed by atoms with Crippen molar-refractivity contribution in [3.63, 3.8) is 0 Å². The van der Waals surface area contributed by atoms with Gasteiger partial charge in [-0.3, -0.25) is 4.79 Å². The number of benzene rings is 1. The van der Waals surface area contributed by atoms with Crippen molar-refractivity contribution in [2.24, 2.45) is 23.2 Å². The third-order valence-corrected chi connectivity index (χ3v) is 7.48. The molecule has 0 aromatic heterocycles. The molecule has 0 saturated heterocycles.